The predicted octanol–water partition coefficient (Wildman–Crippen LogP) is 3.42. The summed E-state index contributed by atoms with van der Waals surface area (Å²) in [5.41, 5.74) is -0.120. The van der Waals surface area contributed by atoms with Crippen LogP contribution in [0.4, 0.5) is 0 Å². The zero-order valence-corrected chi connectivity index (χ0v) is 17.7. The third-order valence-electron chi connectivity index (χ3n) is 6.46. The highest BCUT2D eigenvalue weighted by atomic mass is 35.5. The quantitative estimate of drug-likeness (QED) is 0.813. The van der Waals surface area contributed by atoms with Gasteiger partial charge in [-0.25, -0.2) is 0 Å². The van der Waals surface area contributed by atoms with E-state index in [2.05, 4.69) is 12.2 Å². The largest absolute Gasteiger partial charge is 0.484 e. The first-order chi connectivity index (χ1) is 14.0. The van der Waals surface area contributed by atoms with Gasteiger partial charge in [0.05, 0.1) is 25.3 Å². The van der Waals surface area contributed by atoms with E-state index in [4.69, 9.17) is 21.1 Å². The van der Waals surface area contributed by atoms with E-state index in [1.54, 1.807) is 23.1 Å². The first-order valence-electron chi connectivity index (χ1n) is 10.6. The van der Waals surface area contributed by atoms with E-state index in [0.717, 1.165) is 19.3 Å². The number of ether oxygens (including phenoxy) is 2. The minimum atomic E-state index is -0.536. The second-order valence-corrected chi connectivity index (χ2v) is 9.07. The molecule has 1 saturated heterocycles. The Morgan fingerprint density at radius 2 is 2.03 bits per heavy atom. The number of carbonyl (C=O) groups is 2. The van der Waals surface area contributed by atoms with Crippen molar-refractivity contribution >= 4 is 23.4 Å². The van der Waals surface area contributed by atoms with Gasteiger partial charge in [-0.3, -0.25) is 9.59 Å². The van der Waals surface area contributed by atoms with E-state index in [1.807, 2.05) is 0 Å². The lowest BCUT2D eigenvalue weighted by Gasteiger charge is -2.39. The summed E-state index contributed by atoms with van der Waals surface area (Å²) < 4.78 is 11.9. The molecule has 1 aromatic carbocycles. The molecule has 6 nitrogen and oxygen atoms in total. The van der Waals surface area contributed by atoms with Gasteiger partial charge in [-0.15, -0.1) is 0 Å². The molecule has 1 aromatic rings. The van der Waals surface area contributed by atoms with Gasteiger partial charge >= 0.3 is 0 Å². The zero-order chi connectivity index (χ0) is 20.4. The SMILES string of the molecule is CC1CCCCC1NC(=O)CN1CC2(CCOCC2)Oc2ccc(Cl)cc2C1=O. The molecule has 2 unspecified atom stereocenters. The van der Waals surface area contributed by atoms with Gasteiger partial charge < -0.3 is 19.7 Å². The molecular formula is C22H29ClN2O4. The van der Waals surface area contributed by atoms with E-state index in [1.165, 1.54) is 6.42 Å². The van der Waals surface area contributed by atoms with Crippen molar-refractivity contribution in [3.05, 3.63) is 28.8 Å². The van der Waals surface area contributed by atoms with Crippen LogP contribution in [-0.4, -0.2) is 54.7 Å². The van der Waals surface area contributed by atoms with Crippen LogP contribution < -0.4 is 10.1 Å². The minimum absolute atomic E-state index is 0.0278. The van der Waals surface area contributed by atoms with Crippen LogP contribution in [0.2, 0.25) is 5.02 Å². The molecule has 2 amide bonds. The van der Waals surface area contributed by atoms with E-state index < -0.39 is 5.60 Å². The highest BCUT2D eigenvalue weighted by Crippen LogP contribution is 2.36. The molecule has 0 aromatic heterocycles. The summed E-state index contributed by atoms with van der Waals surface area (Å²) in [6.07, 6.45) is 5.86. The Morgan fingerprint density at radius 1 is 1.28 bits per heavy atom. The number of rotatable bonds is 3. The summed E-state index contributed by atoms with van der Waals surface area (Å²) in [7, 11) is 0. The van der Waals surface area contributed by atoms with Crippen molar-refractivity contribution in [1.82, 2.24) is 10.2 Å². The molecule has 0 radical (unpaired) electrons. The molecule has 2 fully saturated rings. The number of nitrogens with zero attached hydrogens (tertiary/aromatic N) is 1. The topological polar surface area (TPSA) is 67.9 Å². The van der Waals surface area contributed by atoms with Crippen LogP contribution in [0.3, 0.4) is 0 Å². The molecule has 7 heteroatoms. The Labute approximate surface area is 176 Å². The molecule has 158 valence electrons. The third kappa shape index (κ3) is 4.53. The Hall–Kier alpha value is -1.79. The van der Waals surface area contributed by atoms with Gasteiger partial charge in [0.25, 0.3) is 5.91 Å². The Bertz CT molecular complexity index is 778. The van der Waals surface area contributed by atoms with Crippen LogP contribution >= 0.6 is 11.6 Å². The van der Waals surface area contributed by atoms with Gasteiger partial charge in [-0.05, 0) is 37.0 Å². The number of amides is 2. The molecule has 1 saturated carbocycles. The molecule has 4 rings (SSSR count). The molecule has 0 bridgehead atoms. The van der Waals surface area contributed by atoms with Crippen molar-refractivity contribution in [1.29, 1.82) is 0 Å². The fraction of sp³-hybridized carbons (Fsp3) is 0.636. The van der Waals surface area contributed by atoms with Crippen LogP contribution in [0.1, 0.15) is 55.8 Å². The van der Waals surface area contributed by atoms with Crippen molar-refractivity contribution in [2.75, 3.05) is 26.3 Å². The van der Waals surface area contributed by atoms with E-state index >= 15 is 0 Å². The molecule has 3 aliphatic rings. The van der Waals surface area contributed by atoms with Crippen LogP contribution in [0.5, 0.6) is 5.75 Å². The fourth-order valence-corrected chi connectivity index (χ4v) is 4.87. The smallest absolute Gasteiger partial charge is 0.258 e. The molecule has 1 spiro atoms. The molecular weight excluding hydrogens is 392 g/mol. The van der Waals surface area contributed by atoms with Gasteiger partial charge in [0.1, 0.15) is 17.9 Å². The standard InChI is InChI=1S/C22H29ClN2O4/c1-15-4-2-3-5-18(15)24-20(26)13-25-14-22(8-10-28-11-9-22)29-19-7-6-16(23)12-17(19)21(25)27/h6-7,12,15,18H,2-5,8-11,13-14H2,1H3,(H,24,26). The van der Waals surface area contributed by atoms with Crippen molar-refractivity contribution in [2.45, 2.75) is 57.1 Å². The lowest BCUT2D eigenvalue weighted by molar-refractivity contribution is -0.124. The maximum atomic E-state index is 13.3. The predicted molar refractivity (Wildman–Crippen MR) is 110 cm³/mol. The van der Waals surface area contributed by atoms with Crippen molar-refractivity contribution in [3.8, 4) is 5.75 Å². The van der Waals surface area contributed by atoms with Crippen LogP contribution in [-0.2, 0) is 9.53 Å². The van der Waals surface area contributed by atoms with Crippen molar-refractivity contribution in [2.24, 2.45) is 5.92 Å². The molecule has 2 atom stereocenters. The first-order valence-corrected chi connectivity index (χ1v) is 11.0. The fourth-order valence-electron chi connectivity index (χ4n) is 4.70. The number of benzene rings is 1. The highest BCUT2D eigenvalue weighted by Gasteiger charge is 2.42. The van der Waals surface area contributed by atoms with E-state index in [0.29, 0.717) is 54.9 Å². The Kier molecular flexibility index (Phi) is 6.02. The number of hydrogen-bond donors (Lipinski definition) is 1. The molecule has 2 aliphatic heterocycles. The number of nitrogens with one attached hydrogen (secondary N) is 1. The summed E-state index contributed by atoms with van der Waals surface area (Å²) >= 11 is 6.15. The van der Waals surface area contributed by atoms with E-state index in [-0.39, 0.29) is 24.4 Å². The number of carbonyl (C=O) groups excluding carboxylic acids is 2. The summed E-state index contributed by atoms with van der Waals surface area (Å²) in [6.45, 7) is 3.74. The molecule has 1 aliphatic carbocycles. The van der Waals surface area contributed by atoms with Gasteiger partial charge in [-0.1, -0.05) is 31.4 Å². The molecule has 29 heavy (non-hydrogen) atoms. The first kappa shape index (κ1) is 20.5. The average molecular weight is 421 g/mol. The number of fused-ring (bicyclic) bond motifs is 1. The summed E-state index contributed by atoms with van der Waals surface area (Å²) in [5.74, 6) is 0.685. The van der Waals surface area contributed by atoms with E-state index in [9.17, 15) is 9.59 Å². The summed E-state index contributed by atoms with van der Waals surface area (Å²) in [6, 6.07) is 5.30. The zero-order valence-electron chi connectivity index (χ0n) is 16.9. The van der Waals surface area contributed by atoms with Gasteiger partial charge in [0.15, 0.2) is 0 Å². The maximum Gasteiger partial charge on any atom is 0.258 e. The maximum absolute atomic E-state index is 13.3. The van der Waals surface area contributed by atoms with Gasteiger partial charge in [0.2, 0.25) is 5.91 Å². The number of hydrogen-bond acceptors (Lipinski definition) is 4. The van der Waals surface area contributed by atoms with Gasteiger partial charge in [0, 0.05) is 23.9 Å². The van der Waals surface area contributed by atoms with Crippen LogP contribution in [0.15, 0.2) is 18.2 Å². The van der Waals surface area contributed by atoms with Crippen LogP contribution in [0.25, 0.3) is 0 Å². The lowest BCUT2D eigenvalue weighted by Crippen LogP contribution is -2.53. The minimum Gasteiger partial charge on any atom is -0.484 e. The van der Waals surface area contributed by atoms with Crippen LogP contribution in [0, 0.1) is 5.92 Å². The lowest BCUT2D eigenvalue weighted by atomic mass is 9.86. The second kappa shape index (κ2) is 8.52. The van der Waals surface area contributed by atoms with Gasteiger partial charge in [-0.2, -0.15) is 0 Å². The molecule has 1 N–H and O–H groups in total. The number of halogens is 1. The molecule has 2 heterocycles. The van der Waals surface area contributed by atoms with Crippen molar-refractivity contribution < 1.29 is 19.1 Å². The average Bonchev–Trinajstić information content (AvgIpc) is 2.80. The third-order valence-corrected chi connectivity index (χ3v) is 6.70. The monoisotopic (exact) mass is 420 g/mol. The Balaban J connectivity index is 1.55. The second-order valence-electron chi connectivity index (χ2n) is 8.63. The normalized spacial score (nSPS) is 26.4. The Morgan fingerprint density at radius 3 is 2.79 bits per heavy atom. The summed E-state index contributed by atoms with van der Waals surface area (Å²) in [5, 5.41) is 3.64. The highest BCUT2D eigenvalue weighted by molar-refractivity contribution is 6.31. The van der Waals surface area contributed by atoms with Crippen molar-refractivity contribution in [3.63, 3.8) is 0 Å². The summed E-state index contributed by atoms with van der Waals surface area (Å²) in [4.78, 5) is 27.7.